The Hall–Kier alpha value is -1.80. The van der Waals surface area contributed by atoms with Gasteiger partial charge in [0.2, 0.25) is 15.9 Å². The molecule has 1 heterocycles. The molecule has 3 rings (SSSR count). The van der Waals surface area contributed by atoms with Crippen LogP contribution in [0.5, 0.6) is 5.75 Å². The zero-order chi connectivity index (χ0) is 19.6. The zero-order valence-corrected chi connectivity index (χ0v) is 16.8. The number of carbonyl (C=O) groups is 1. The summed E-state index contributed by atoms with van der Waals surface area (Å²) in [6.07, 6.45) is 1.03. The average molecular weight is 429 g/mol. The zero-order valence-electron chi connectivity index (χ0n) is 14.5. The van der Waals surface area contributed by atoms with Gasteiger partial charge in [-0.05, 0) is 55.3 Å². The standard InChI is InChI=1S/C18H18Cl2N2O4S/c1-26-17-9-6-13(20)11-15(17)21-18(23)16-3-2-10-22(16)27(24,25)14-7-4-12(19)5-8-14/h4-9,11,16H,2-3,10H2,1H3,(H,21,23)/t16-/m0/s1. The maximum atomic E-state index is 12.9. The minimum atomic E-state index is -3.81. The highest BCUT2D eigenvalue weighted by atomic mass is 35.5. The van der Waals surface area contributed by atoms with Gasteiger partial charge in [0.25, 0.3) is 0 Å². The molecular formula is C18H18Cl2N2O4S. The molecule has 0 saturated carbocycles. The fraction of sp³-hybridized carbons (Fsp3) is 0.278. The van der Waals surface area contributed by atoms with Gasteiger partial charge in [0.1, 0.15) is 11.8 Å². The van der Waals surface area contributed by atoms with Gasteiger partial charge in [-0.3, -0.25) is 4.79 Å². The molecule has 0 radical (unpaired) electrons. The number of halogens is 2. The van der Waals surface area contributed by atoms with E-state index >= 15 is 0 Å². The number of sulfonamides is 1. The second-order valence-corrected chi connectivity index (χ2v) is 8.82. The van der Waals surface area contributed by atoms with Gasteiger partial charge >= 0.3 is 0 Å². The molecule has 0 aliphatic carbocycles. The third kappa shape index (κ3) is 4.21. The molecule has 1 saturated heterocycles. The lowest BCUT2D eigenvalue weighted by atomic mass is 10.2. The molecule has 1 N–H and O–H groups in total. The fourth-order valence-corrected chi connectivity index (χ4v) is 4.98. The van der Waals surface area contributed by atoms with Crippen molar-refractivity contribution in [3.8, 4) is 5.75 Å². The summed E-state index contributed by atoms with van der Waals surface area (Å²) in [5, 5.41) is 3.61. The number of methoxy groups -OCH3 is 1. The van der Waals surface area contributed by atoms with Crippen LogP contribution in [0.4, 0.5) is 5.69 Å². The first kappa shape index (κ1) is 19.9. The molecule has 9 heteroatoms. The van der Waals surface area contributed by atoms with Crippen LogP contribution in [0.25, 0.3) is 0 Å². The van der Waals surface area contributed by atoms with Crippen LogP contribution in [0.2, 0.25) is 10.0 Å². The summed E-state index contributed by atoms with van der Waals surface area (Å²) in [4.78, 5) is 12.9. The van der Waals surface area contributed by atoms with Gasteiger partial charge in [-0.25, -0.2) is 8.42 Å². The van der Waals surface area contributed by atoms with Crippen LogP contribution in [-0.2, 0) is 14.8 Å². The van der Waals surface area contributed by atoms with Crippen molar-refractivity contribution in [1.82, 2.24) is 4.31 Å². The summed E-state index contributed by atoms with van der Waals surface area (Å²) in [6.45, 7) is 0.274. The first-order valence-corrected chi connectivity index (χ1v) is 10.4. The summed E-state index contributed by atoms with van der Waals surface area (Å²) in [6, 6.07) is 9.92. The Bertz CT molecular complexity index is 948. The number of ether oxygens (including phenoxy) is 1. The third-order valence-corrected chi connectivity index (χ3v) is 6.76. The number of benzene rings is 2. The van der Waals surface area contributed by atoms with E-state index in [2.05, 4.69) is 5.32 Å². The average Bonchev–Trinajstić information content (AvgIpc) is 3.13. The van der Waals surface area contributed by atoms with E-state index in [0.29, 0.717) is 34.3 Å². The van der Waals surface area contributed by atoms with E-state index < -0.39 is 22.0 Å². The van der Waals surface area contributed by atoms with E-state index in [0.717, 1.165) is 0 Å². The van der Waals surface area contributed by atoms with Crippen molar-refractivity contribution < 1.29 is 17.9 Å². The van der Waals surface area contributed by atoms with Crippen molar-refractivity contribution in [3.05, 3.63) is 52.5 Å². The summed E-state index contributed by atoms with van der Waals surface area (Å²) >= 11 is 11.8. The molecule has 1 atom stereocenters. The Labute approximate surface area is 168 Å². The van der Waals surface area contributed by atoms with Gasteiger partial charge in [0, 0.05) is 16.6 Å². The molecule has 2 aromatic carbocycles. The fourth-order valence-electron chi connectivity index (χ4n) is 3.03. The van der Waals surface area contributed by atoms with Crippen LogP contribution >= 0.6 is 23.2 Å². The van der Waals surface area contributed by atoms with Crippen LogP contribution in [0.15, 0.2) is 47.4 Å². The Morgan fingerprint density at radius 1 is 1.15 bits per heavy atom. The van der Waals surface area contributed by atoms with Crippen molar-refractivity contribution in [1.29, 1.82) is 0 Å². The SMILES string of the molecule is COc1ccc(Cl)cc1NC(=O)[C@@H]1CCCN1S(=O)(=O)c1ccc(Cl)cc1. The molecule has 0 unspecified atom stereocenters. The monoisotopic (exact) mass is 428 g/mol. The molecule has 1 aliphatic rings. The lowest BCUT2D eigenvalue weighted by Crippen LogP contribution is -2.43. The highest BCUT2D eigenvalue weighted by Gasteiger charge is 2.39. The van der Waals surface area contributed by atoms with Crippen LogP contribution in [-0.4, -0.2) is 38.3 Å². The van der Waals surface area contributed by atoms with Gasteiger partial charge in [-0.1, -0.05) is 23.2 Å². The quantitative estimate of drug-likeness (QED) is 0.785. The number of rotatable bonds is 5. The molecule has 1 fully saturated rings. The van der Waals surface area contributed by atoms with Crippen molar-refractivity contribution in [3.63, 3.8) is 0 Å². The summed E-state index contributed by atoms with van der Waals surface area (Å²) in [7, 11) is -2.33. The van der Waals surface area contributed by atoms with Gasteiger partial charge in [-0.15, -0.1) is 0 Å². The predicted molar refractivity (Wildman–Crippen MR) is 105 cm³/mol. The Kier molecular flexibility index (Phi) is 5.95. The maximum absolute atomic E-state index is 12.9. The lowest BCUT2D eigenvalue weighted by Gasteiger charge is -2.24. The van der Waals surface area contributed by atoms with Gasteiger partial charge < -0.3 is 10.1 Å². The molecular weight excluding hydrogens is 411 g/mol. The molecule has 144 valence electrons. The number of hydrogen-bond donors (Lipinski definition) is 1. The van der Waals surface area contributed by atoms with E-state index in [1.807, 2.05) is 0 Å². The number of anilines is 1. The number of carbonyl (C=O) groups excluding carboxylic acids is 1. The number of amides is 1. The number of nitrogens with one attached hydrogen (secondary N) is 1. The first-order valence-electron chi connectivity index (χ1n) is 8.25. The van der Waals surface area contributed by atoms with Gasteiger partial charge in [0.05, 0.1) is 17.7 Å². The second kappa shape index (κ2) is 8.06. The minimum Gasteiger partial charge on any atom is -0.495 e. The molecule has 1 aliphatic heterocycles. The Morgan fingerprint density at radius 2 is 1.81 bits per heavy atom. The van der Waals surface area contributed by atoms with Crippen LogP contribution in [0, 0.1) is 0 Å². The maximum Gasteiger partial charge on any atom is 0.243 e. The largest absolute Gasteiger partial charge is 0.495 e. The minimum absolute atomic E-state index is 0.104. The van der Waals surface area contributed by atoms with E-state index in [9.17, 15) is 13.2 Å². The third-order valence-electron chi connectivity index (χ3n) is 4.35. The number of hydrogen-bond acceptors (Lipinski definition) is 4. The van der Waals surface area contributed by atoms with E-state index in [1.54, 1.807) is 18.2 Å². The Morgan fingerprint density at radius 3 is 2.48 bits per heavy atom. The highest BCUT2D eigenvalue weighted by Crippen LogP contribution is 2.31. The summed E-state index contributed by atoms with van der Waals surface area (Å²) in [5.41, 5.74) is 0.394. The van der Waals surface area contributed by atoms with Crippen molar-refractivity contribution in [2.45, 2.75) is 23.8 Å². The summed E-state index contributed by atoms with van der Waals surface area (Å²) in [5.74, 6) is 0.0171. The molecule has 0 aromatic heterocycles. The number of nitrogens with zero attached hydrogens (tertiary/aromatic N) is 1. The van der Waals surface area contributed by atoms with Crippen molar-refractivity contribution in [2.75, 3.05) is 19.0 Å². The molecule has 2 aromatic rings. The van der Waals surface area contributed by atoms with Crippen molar-refractivity contribution in [2.24, 2.45) is 0 Å². The normalized spacial score (nSPS) is 17.7. The first-order chi connectivity index (χ1) is 12.8. The van der Waals surface area contributed by atoms with Crippen LogP contribution < -0.4 is 10.1 Å². The second-order valence-electron chi connectivity index (χ2n) is 6.06. The predicted octanol–water partition coefficient (Wildman–Crippen LogP) is 3.79. The molecule has 27 heavy (non-hydrogen) atoms. The molecule has 6 nitrogen and oxygen atoms in total. The van der Waals surface area contributed by atoms with Crippen LogP contribution in [0.3, 0.4) is 0 Å². The lowest BCUT2D eigenvalue weighted by molar-refractivity contribution is -0.119. The van der Waals surface area contributed by atoms with E-state index in [-0.39, 0.29) is 11.4 Å². The van der Waals surface area contributed by atoms with E-state index in [1.165, 1.54) is 35.7 Å². The van der Waals surface area contributed by atoms with Gasteiger partial charge in [0.15, 0.2) is 0 Å². The topological polar surface area (TPSA) is 75.7 Å². The van der Waals surface area contributed by atoms with Gasteiger partial charge in [-0.2, -0.15) is 4.31 Å². The molecule has 0 spiro atoms. The summed E-state index contributed by atoms with van der Waals surface area (Å²) < 4.78 is 32.3. The van der Waals surface area contributed by atoms with Crippen LogP contribution in [0.1, 0.15) is 12.8 Å². The molecule has 1 amide bonds. The smallest absolute Gasteiger partial charge is 0.243 e. The van der Waals surface area contributed by atoms with Crippen molar-refractivity contribution >= 4 is 44.8 Å². The Balaban J connectivity index is 1.85. The molecule has 0 bridgehead atoms. The highest BCUT2D eigenvalue weighted by molar-refractivity contribution is 7.89. The van der Waals surface area contributed by atoms with E-state index in [4.69, 9.17) is 27.9 Å².